The molecule has 0 radical (unpaired) electrons. The molecule has 0 unspecified atom stereocenters. The van der Waals surface area contributed by atoms with Gasteiger partial charge in [0.2, 0.25) is 0 Å². The number of carbonyl (C=O) groups is 1. The zero-order chi connectivity index (χ0) is 24.1. The maximum Gasteiger partial charge on any atom is 0.255 e. The summed E-state index contributed by atoms with van der Waals surface area (Å²) in [6.07, 6.45) is 13.2. The van der Waals surface area contributed by atoms with Gasteiger partial charge in [0.25, 0.3) is 5.91 Å². The summed E-state index contributed by atoms with van der Waals surface area (Å²) in [6.45, 7) is 6.09. The number of nitrogens with zero attached hydrogens (tertiary/aromatic N) is 5. The summed E-state index contributed by atoms with van der Waals surface area (Å²) >= 11 is 0. The zero-order valence-electron chi connectivity index (χ0n) is 19.3. The van der Waals surface area contributed by atoms with Crippen LogP contribution in [0.5, 0.6) is 0 Å². The maximum absolute atomic E-state index is 12.9. The van der Waals surface area contributed by atoms with Crippen molar-refractivity contribution in [3.63, 3.8) is 0 Å². The molecule has 0 saturated heterocycles. The predicted molar refractivity (Wildman–Crippen MR) is 134 cm³/mol. The summed E-state index contributed by atoms with van der Waals surface area (Å²) in [6, 6.07) is 9.81. The second kappa shape index (κ2) is 9.99. The van der Waals surface area contributed by atoms with Crippen LogP contribution in [0.4, 0.5) is 5.82 Å². The fourth-order valence-electron chi connectivity index (χ4n) is 3.73. The van der Waals surface area contributed by atoms with Gasteiger partial charge < -0.3 is 11.1 Å². The Morgan fingerprint density at radius 3 is 2.74 bits per heavy atom. The average molecular weight is 454 g/mol. The maximum atomic E-state index is 12.9. The number of benzene rings is 1. The van der Waals surface area contributed by atoms with E-state index in [0.29, 0.717) is 29.9 Å². The van der Waals surface area contributed by atoms with Gasteiger partial charge in [-0.15, -0.1) is 0 Å². The van der Waals surface area contributed by atoms with E-state index in [-0.39, 0.29) is 5.91 Å². The highest BCUT2D eigenvalue weighted by molar-refractivity contribution is 5.95. The standard InChI is InChI=1S/C26H27N7O/c1-4-6-7-18(5-2)14-23-21(16-31-32(23)3)26(34)29-15-19-8-10-20(11-9-19)33-17-30-24-22(33)12-13-28-25(24)27/h4-13,16-17H,1,14-15H2,2-3H3,(H2,27,28)(H,29,34)/b7-6-,18-5+. The lowest BCUT2D eigenvalue weighted by Crippen LogP contribution is -2.24. The number of carbonyl (C=O) groups excluding carboxylic acids is 1. The van der Waals surface area contributed by atoms with E-state index in [1.807, 2.05) is 67.1 Å². The van der Waals surface area contributed by atoms with E-state index >= 15 is 0 Å². The zero-order valence-corrected chi connectivity index (χ0v) is 19.3. The van der Waals surface area contributed by atoms with E-state index in [9.17, 15) is 4.79 Å². The van der Waals surface area contributed by atoms with Crippen LogP contribution in [0.2, 0.25) is 0 Å². The van der Waals surface area contributed by atoms with Crippen LogP contribution in [-0.4, -0.2) is 30.2 Å². The number of rotatable bonds is 8. The number of nitrogens with two attached hydrogens (primary N) is 1. The van der Waals surface area contributed by atoms with Gasteiger partial charge in [-0.1, -0.05) is 43.0 Å². The molecule has 0 aliphatic carbocycles. The molecule has 3 heterocycles. The number of allylic oxidation sites excluding steroid dienone is 5. The van der Waals surface area contributed by atoms with Gasteiger partial charge >= 0.3 is 0 Å². The van der Waals surface area contributed by atoms with Crippen molar-refractivity contribution in [3.05, 3.63) is 102 Å². The third kappa shape index (κ3) is 4.66. The van der Waals surface area contributed by atoms with Gasteiger partial charge in [0.1, 0.15) is 11.8 Å². The molecule has 0 aliphatic heterocycles. The molecule has 3 aromatic heterocycles. The number of fused-ring (bicyclic) bond motifs is 1. The quantitative estimate of drug-likeness (QED) is 0.394. The smallest absolute Gasteiger partial charge is 0.255 e. The van der Waals surface area contributed by atoms with Gasteiger partial charge in [0, 0.05) is 31.9 Å². The first kappa shape index (κ1) is 22.7. The van der Waals surface area contributed by atoms with E-state index < -0.39 is 0 Å². The molecule has 4 rings (SSSR count). The third-order valence-corrected chi connectivity index (χ3v) is 5.66. The minimum Gasteiger partial charge on any atom is -0.382 e. The number of amides is 1. The second-order valence-corrected chi connectivity index (χ2v) is 7.79. The molecule has 4 aromatic rings. The Labute approximate surface area is 198 Å². The molecule has 0 saturated carbocycles. The molecule has 0 aliphatic rings. The molecule has 172 valence electrons. The summed E-state index contributed by atoms with van der Waals surface area (Å²) in [4.78, 5) is 21.4. The molecule has 0 atom stereocenters. The lowest BCUT2D eigenvalue weighted by atomic mass is 10.1. The van der Waals surface area contributed by atoms with Crippen molar-refractivity contribution in [2.24, 2.45) is 7.05 Å². The molecule has 0 spiro atoms. The molecule has 3 N–H and O–H groups in total. The van der Waals surface area contributed by atoms with Crippen LogP contribution in [-0.2, 0) is 20.0 Å². The van der Waals surface area contributed by atoms with E-state index in [0.717, 1.165) is 28.0 Å². The molecule has 8 heteroatoms. The summed E-state index contributed by atoms with van der Waals surface area (Å²) in [7, 11) is 1.85. The molecule has 0 fully saturated rings. The predicted octanol–water partition coefficient (Wildman–Crippen LogP) is 3.90. The number of nitrogens with one attached hydrogen (secondary N) is 1. The van der Waals surface area contributed by atoms with Crippen molar-refractivity contribution < 1.29 is 4.79 Å². The van der Waals surface area contributed by atoms with Crippen LogP contribution in [0, 0.1) is 0 Å². The van der Waals surface area contributed by atoms with Gasteiger partial charge in [-0.2, -0.15) is 5.10 Å². The molecule has 1 aromatic carbocycles. The Hall–Kier alpha value is -4.46. The highest BCUT2D eigenvalue weighted by Gasteiger charge is 2.16. The number of anilines is 1. The van der Waals surface area contributed by atoms with Crippen molar-refractivity contribution >= 4 is 22.8 Å². The molecule has 34 heavy (non-hydrogen) atoms. The Morgan fingerprint density at radius 1 is 1.21 bits per heavy atom. The minimum absolute atomic E-state index is 0.154. The fourth-order valence-corrected chi connectivity index (χ4v) is 3.73. The van der Waals surface area contributed by atoms with E-state index in [1.165, 1.54) is 0 Å². The van der Waals surface area contributed by atoms with Crippen LogP contribution in [0.15, 0.2) is 85.5 Å². The van der Waals surface area contributed by atoms with Gasteiger partial charge in [0.15, 0.2) is 5.82 Å². The fraction of sp³-hybridized carbons (Fsp3) is 0.154. The van der Waals surface area contributed by atoms with Crippen LogP contribution in [0.3, 0.4) is 0 Å². The average Bonchev–Trinajstić information content (AvgIpc) is 3.45. The Bertz CT molecular complexity index is 1390. The number of aromatic nitrogens is 5. The van der Waals surface area contributed by atoms with Crippen LogP contribution in [0.1, 0.15) is 28.5 Å². The summed E-state index contributed by atoms with van der Waals surface area (Å²) < 4.78 is 3.70. The SMILES string of the molecule is C=C/C=C\C(=C/C)Cc1c(C(=O)NCc2ccc(-n3cnc4c(N)nccc43)cc2)cnn1C. The summed E-state index contributed by atoms with van der Waals surface area (Å²) in [5.74, 6) is 0.252. The Balaban J connectivity index is 1.45. The number of pyridine rings is 1. The second-order valence-electron chi connectivity index (χ2n) is 7.79. The Kier molecular flexibility index (Phi) is 6.68. The number of hydrogen-bond acceptors (Lipinski definition) is 5. The van der Waals surface area contributed by atoms with Crippen molar-refractivity contribution in [2.45, 2.75) is 19.9 Å². The Morgan fingerprint density at radius 2 is 2.00 bits per heavy atom. The normalized spacial score (nSPS) is 11.9. The number of aryl methyl sites for hydroxylation is 1. The number of nitrogen functional groups attached to an aromatic ring is 1. The molecule has 1 amide bonds. The largest absolute Gasteiger partial charge is 0.382 e. The molecular weight excluding hydrogens is 426 g/mol. The van der Waals surface area contributed by atoms with Crippen LogP contribution >= 0.6 is 0 Å². The lowest BCUT2D eigenvalue weighted by Gasteiger charge is -2.09. The molecular formula is C26H27N7O. The van der Waals surface area contributed by atoms with Gasteiger partial charge in [-0.25, -0.2) is 9.97 Å². The molecule has 0 bridgehead atoms. The lowest BCUT2D eigenvalue weighted by molar-refractivity contribution is 0.0950. The van der Waals surface area contributed by atoms with Crippen LogP contribution in [0.25, 0.3) is 16.7 Å². The van der Waals surface area contributed by atoms with Crippen molar-refractivity contribution in [3.8, 4) is 5.69 Å². The first-order valence-corrected chi connectivity index (χ1v) is 10.9. The minimum atomic E-state index is -0.154. The van der Waals surface area contributed by atoms with Crippen LogP contribution < -0.4 is 11.1 Å². The highest BCUT2D eigenvalue weighted by atomic mass is 16.1. The topological polar surface area (TPSA) is 104 Å². The van der Waals surface area contributed by atoms with Crippen molar-refractivity contribution in [2.75, 3.05) is 5.73 Å². The van der Waals surface area contributed by atoms with Crippen molar-refractivity contribution in [1.82, 2.24) is 29.6 Å². The van der Waals surface area contributed by atoms with E-state index in [4.69, 9.17) is 5.73 Å². The third-order valence-electron chi connectivity index (χ3n) is 5.66. The summed E-state index contributed by atoms with van der Waals surface area (Å²) in [5, 5.41) is 7.30. The number of hydrogen-bond donors (Lipinski definition) is 2. The molecule has 8 nitrogen and oxygen atoms in total. The number of imidazole rings is 1. The first-order chi connectivity index (χ1) is 16.5. The summed E-state index contributed by atoms with van der Waals surface area (Å²) in [5.41, 5.74) is 11.9. The van der Waals surface area contributed by atoms with Gasteiger partial charge in [0.05, 0.1) is 23.0 Å². The highest BCUT2D eigenvalue weighted by Crippen LogP contribution is 2.21. The van der Waals surface area contributed by atoms with E-state index in [2.05, 4.69) is 27.0 Å². The first-order valence-electron chi connectivity index (χ1n) is 10.9. The monoisotopic (exact) mass is 453 g/mol. The van der Waals surface area contributed by atoms with Crippen molar-refractivity contribution in [1.29, 1.82) is 0 Å². The van der Waals surface area contributed by atoms with Gasteiger partial charge in [-0.05, 0) is 36.3 Å². The van der Waals surface area contributed by atoms with E-state index in [1.54, 1.807) is 29.5 Å². The van der Waals surface area contributed by atoms with Gasteiger partial charge in [-0.3, -0.25) is 14.0 Å².